The Balaban J connectivity index is 1.85. The first-order valence-electron chi connectivity index (χ1n) is 22.2. The predicted molar refractivity (Wildman–Crippen MR) is 236 cm³/mol. The van der Waals surface area contributed by atoms with Gasteiger partial charge in [0.2, 0.25) is 11.8 Å². The lowest BCUT2D eigenvalue weighted by Crippen LogP contribution is -2.59. The number of unbranched alkanes of at least 4 members (excludes halogenated alkanes) is 1. The predicted octanol–water partition coefficient (Wildman–Crippen LogP) is 6.43. The highest BCUT2D eigenvalue weighted by atomic mass is 32.1. The van der Waals surface area contributed by atoms with Crippen molar-refractivity contribution in [2.75, 3.05) is 46.7 Å². The van der Waals surface area contributed by atoms with Crippen LogP contribution in [-0.4, -0.2) is 114 Å². The van der Waals surface area contributed by atoms with E-state index in [0.29, 0.717) is 50.6 Å². The first-order valence-corrected chi connectivity index (χ1v) is 23.0. The lowest BCUT2D eigenvalue weighted by molar-refractivity contribution is -0.149. The van der Waals surface area contributed by atoms with Crippen LogP contribution in [0.3, 0.4) is 0 Å². The maximum absolute atomic E-state index is 14.7. The molecule has 15 heteroatoms. The van der Waals surface area contributed by atoms with Gasteiger partial charge in [-0.3, -0.25) is 24.1 Å². The number of carbonyl (C=O) groups is 4. The molecule has 1 fully saturated rings. The van der Waals surface area contributed by atoms with Crippen LogP contribution in [0.2, 0.25) is 0 Å². The Bertz CT molecular complexity index is 1590. The molecule has 1 aliphatic heterocycles. The van der Waals surface area contributed by atoms with Gasteiger partial charge in [-0.05, 0) is 102 Å². The van der Waals surface area contributed by atoms with Crippen LogP contribution in [0.4, 0.5) is 0 Å². The number of nitrogens with zero attached hydrogens (tertiary/aromatic N) is 3. The minimum Gasteiger partial charge on any atom is -0.494 e. The zero-order chi connectivity index (χ0) is 44.2. The number of piperidine rings is 1. The third kappa shape index (κ3) is 16.0. The molecule has 1 saturated heterocycles. The monoisotopic (exact) mass is 859 g/mol. The van der Waals surface area contributed by atoms with Gasteiger partial charge in [0.05, 0.1) is 18.6 Å². The molecule has 1 aliphatic rings. The van der Waals surface area contributed by atoms with Gasteiger partial charge in [-0.25, -0.2) is 4.98 Å². The number of nitrogens with one attached hydrogen (secondary N) is 2. The van der Waals surface area contributed by atoms with Gasteiger partial charge < -0.3 is 40.6 Å². The van der Waals surface area contributed by atoms with Gasteiger partial charge in [0.25, 0.3) is 5.91 Å². The van der Waals surface area contributed by atoms with Crippen molar-refractivity contribution in [1.82, 2.24) is 25.4 Å². The maximum Gasteiger partial charge on any atom is 0.306 e. The number of thiazole rings is 1. The number of hydrogen-bond acceptors (Lipinski definition) is 11. The molecule has 3 rings (SSSR count). The average Bonchev–Trinajstić information content (AvgIpc) is 3.73. The summed E-state index contributed by atoms with van der Waals surface area (Å²) in [4.78, 5) is 62.7. The van der Waals surface area contributed by atoms with Gasteiger partial charge in [-0.1, -0.05) is 66.5 Å². The average molecular weight is 859 g/mol. The molecular weight excluding hydrogens is 785 g/mol. The molecule has 0 saturated carbocycles. The van der Waals surface area contributed by atoms with Crippen LogP contribution >= 0.6 is 11.3 Å². The molecule has 60 heavy (non-hydrogen) atoms. The van der Waals surface area contributed by atoms with Crippen molar-refractivity contribution in [2.45, 2.75) is 143 Å². The molecule has 0 aliphatic carbocycles. The van der Waals surface area contributed by atoms with E-state index in [1.165, 1.54) is 11.3 Å². The number of carboxylic acid groups (broad SMARTS) is 1. The van der Waals surface area contributed by atoms with Gasteiger partial charge in [0.15, 0.2) is 0 Å². The van der Waals surface area contributed by atoms with Crippen molar-refractivity contribution in [3.05, 3.63) is 45.9 Å². The Morgan fingerprint density at radius 2 is 1.75 bits per heavy atom. The topological polar surface area (TPSA) is 186 Å². The number of nitrogens with two attached hydrogens (primary N) is 1. The highest BCUT2D eigenvalue weighted by Gasteiger charge is 2.38. The molecule has 2 aromatic rings. The largest absolute Gasteiger partial charge is 0.494 e. The molecule has 7 atom stereocenters. The van der Waals surface area contributed by atoms with E-state index >= 15 is 0 Å². The SMILES string of the molecule is CCCO[C@H](C[C@H](C(C)C)N(COCC)C(=O)[C@@H](NC(=O)[C@H]1CCCCN1C)[C@@H](C)CC)c1nc(C(=O)N[C@@H](Cc2ccc(OCCCCN)cc2)C[C@H](C)C(=O)O)cs1. The number of carbonyl (C=O) groups excluding carboxylic acids is 3. The summed E-state index contributed by atoms with van der Waals surface area (Å²) in [5.41, 5.74) is 6.73. The van der Waals surface area contributed by atoms with Crippen molar-refractivity contribution in [1.29, 1.82) is 0 Å². The van der Waals surface area contributed by atoms with Crippen molar-refractivity contribution in [3.8, 4) is 5.75 Å². The summed E-state index contributed by atoms with van der Waals surface area (Å²) in [6.45, 7) is 16.6. The third-order valence-electron chi connectivity index (χ3n) is 11.4. The first-order chi connectivity index (χ1) is 28.7. The van der Waals surface area contributed by atoms with Crippen LogP contribution < -0.4 is 21.1 Å². The first kappa shape index (κ1) is 50.7. The molecule has 0 unspecified atom stereocenters. The van der Waals surface area contributed by atoms with E-state index < -0.39 is 36.0 Å². The van der Waals surface area contributed by atoms with E-state index in [1.807, 2.05) is 59.0 Å². The van der Waals surface area contributed by atoms with Gasteiger partial charge in [-0.15, -0.1) is 11.3 Å². The van der Waals surface area contributed by atoms with Crippen LogP contribution in [0, 0.1) is 17.8 Å². The summed E-state index contributed by atoms with van der Waals surface area (Å²) in [5, 5.41) is 18.3. The van der Waals surface area contributed by atoms with Gasteiger partial charge >= 0.3 is 5.97 Å². The fourth-order valence-electron chi connectivity index (χ4n) is 7.47. The summed E-state index contributed by atoms with van der Waals surface area (Å²) in [6, 6.07) is 5.78. The Hall–Kier alpha value is -3.63. The molecule has 5 N–H and O–H groups in total. The fourth-order valence-corrected chi connectivity index (χ4v) is 8.33. The van der Waals surface area contributed by atoms with Crippen molar-refractivity contribution >= 4 is 35.0 Å². The van der Waals surface area contributed by atoms with E-state index in [4.69, 9.17) is 24.9 Å². The summed E-state index contributed by atoms with van der Waals surface area (Å²) in [7, 11) is 1.96. The minimum atomic E-state index is -0.936. The van der Waals surface area contributed by atoms with Crippen LogP contribution in [0.5, 0.6) is 5.75 Å². The number of aromatic nitrogens is 1. The van der Waals surface area contributed by atoms with Crippen LogP contribution in [0.25, 0.3) is 0 Å². The quantitative estimate of drug-likeness (QED) is 0.0546. The summed E-state index contributed by atoms with van der Waals surface area (Å²) in [5.74, 6) is -1.74. The van der Waals surface area contributed by atoms with Crippen molar-refractivity contribution in [3.63, 3.8) is 0 Å². The normalized spacial score (nSPS) is 17.6. The summed E-state index contributed by atoms with van der Waals surface area (Å²) >= 11 is 1.32. The molecule has 0 radical (unpaired) electrons. The molecule has 3 amide bonds. The minimum absolute atomic E-state index is 0.0172. The number of carboxylic acids is 1. The number of rotatable bonds is 28. The van der Waals surface area contributed by atoms with Crippen LogP contribution in [0.1, 0.15) is 133 Å². The standard InChI is InChI=1S/C45H74N6O8S/c1-9-23-59-39(27-38(30(4)5)51(29-57-11-3)44(54)40(31(6)10-2)49-42(53)37-16-12-14-22-50(37)8)43-48-36(28-60-43)41(52)47-34(25-32(7)45(55)56)26-33-17-19-35(20-18-33)58-24-15-13-21-46/h17-20,28,30-32,34,37-40H,9-16,21-27,29,46H2,1-8H3,(H,47,52)(H,49,53)(H,55,56)/t31-,32-,34+,37+,38+,39+,40-/m0/s1. The van der Waals surface area contributed by atoms with Crippen LogP contribution in [-0.2, 0) is 30.3 Å². The Kier molecular flexibility index (Phi) is 22.5. The second kappa shape index (κ2) is 26.6. The van der Waals surface area contributed by atoms with Crippen LogP contribution in [0.15, 0.2) is 29.6 Å². The smallest absolute Gasteiger partial charge is 0.306 e. The van der Waals surface area contributed by atoms with E-state index in [0.717, 1.165) is 56.4 Å². The molecule has 2 heterocycles. The number of amides is 3. The lowest BCUT2D eigenvalue weighted by atomic mass is 9.92. The van der Waals surface area contributed by atoms with Gasteiger partial charge in [0.1, 0.15) is 35.3 Å². The fraction of sp³-hybridized carbons (Fsp3) is 0.711. The lowest BCUT2D eigenvalue weighted by Gasteiger charge is -2.40. The van der Waals surface area contributed by atoms with E-state index in [2.05, 4.69) is 29.4 Å². The van der Waals surface area contributed by atoms with E-state index in [9.17, 15) is 24.3 Å². The molecule has 14 nitrogen and oxygen atoms in total. The molecular formula is C45H74N6O8S. The summed E-state index contributed by atoms with van der Waals surface area (Å²) in [6.07, 6.45) is 6.50. The zero-order valence-corrected chi connectivity index (χ0v) is 38.3. The second-order valence-corrected chi connectivity index (χ2v) is 17.5. The number of benzene rings is 1. The van der Waals surface area contributed by atoms with Gasteiger partial charge in [0, 0.05) is 37.1 Å². The maximum atomic E-state index is 14.7. The Morgan fingerprint density at radius 1 is 1.02 bits per heavy atom. The third-order valence-corrected chi connectivity index (χ3v) is 12.4. The number of hydrogen-bond donors (Lipinski definition) is 4. The zero-order valence-electron chi connectivity index (χ0n) is 37.5. The van der Waals surface area contributed by atoms with Crippen molar-refractivity contribution < 1.29 is 38.5 Å². The number of ether oxygens (including phenoxy) is 3. The highest BCUT2D eigenvalue weighted by Crippen LogP contribution is 2.32. The molecule has 0 spiro atoms. The summed E-state index contributed by atoms with van der Waals surface area (Å²) < 4.78 is 18.2. The van der Waals surface area contributed by atoms with Crippen molar-refractivity contribution in [2.24, 2.45) is 23.5 Å². The molecule has 1 aromatic heterocycles. The van der Waals surface area contributed by atoms with E-state index in [1.54, 1.807) is 17.2 Å². The van der Waals surface area contributed by atoms with E-state index in [-0.39, 0.29) is 54.6 Å². The number of aliphatic carboxylic acids is 1. The second-order valence-electron chi connectivity index (χ2n) is 16.6. The number of likely N-dealkylation sites (N-methyl/N-ethyl adjacent to an activating group) is 1. The highest BCUT2D eigenvalue weighted by molar-refractivity contribution is 7.09. The molecule has 1 aromatic carbocycles. The van der Waals surface area contributed by atoms with Gasteiger partial charge in [-0.2, -0.15) is 0 Å². The molecule has 0 bridgehead atoms. The number of likely N-dealkylation sites (tertiary alicyclic amines) is 1. The Labute approximate surface area is 362 Å². The Morgan fingerprint density at radius 3 is 2.37 bits per heavy atom. The molecule has 338 valence electrons.